The molecule has 2 atom stereocenters. The van der Waals surface area contributed by atoms with Gasteiger partial charge in [-0.15, -0.1) is 0 Å². The lowest BCUT2D eigenvalue weighted by Crippen LogP contribution is -2.44. The van der Waals surface area contributed by atoms with Gasteiger partial charge in [0.15, 0.2) is 0 Å². The summed E-state index contributed by atoms with van der Waals surface area (Å²) in [6.45, 7) is 8.97. The van der Waals surface area contributed by atoms with Crippen LogP contribution in [0.25, 0.3) is 0 Å². The molecular formula is C32H42F2N2O10. The molecular weight excluding hydrogens is 610 g/mol. The fourth-order valence-electron chi connectivity index (χ4n) is 4.32. The fraction of sp³-hybridized carbons (Fsp3) is 0.500. The summed E-state index contributed by atoms with van der Waals surface area (Å²) in [6, 6.07) is 5.25. The Morgan fingerprint density at radius 2 is 0.957 bits per heavy atom. The molecule has 14 heteroatoms. The third-order valence-corrected chi connectivity index (χ3v) is 6.46. The first kappa shape index (κ1) is 37.6. The molecule has 254 valence electrons. The highest BCUT2D eigenvalue weighted by Gasteiger charge is 2.30. The molecule has 0 aromatic heterocycles. The minimum Gasteiger partial charge on any atom is -0.488 e. The van der Waals surface area contributed by atoms with Gasteiger partial charge in [0.1, 0.15) is 61.5 Å². The van der Waals surface area contributed by atoms with Gasteiger partial charge in [-0.1, -0.05) is 0 Å². The van der Waals surface area contributed by atoms with Gasteiger partial charge < -0.3 is 38.2 Å². The summed E-state index contributed by atoms with van der Waals surface area (Å²) in [5, 5.41) is 0. The molecule has 0 saturated carbocycles. The summed E-state index contributed by atoms with van der Waals surface area (Å²) in [5.41, 5.74) is 0.427. The summed E-state index contributed by atoms with van der Waals surface area (Å²) in [7, 11) is 0. The van der Waals surface area contributed by atoms with Crippen molar-refractivity contribution in [2.24, 2.45) is 0 Å². The van der Waals surface area contributed by atoms with Crippen LogP contribution in [0.4, 0.5) is 20.2 Å². The number of anilines is 2. The molecule has 0 aliphatic carbocycles. The van der Waals surface area contributed by atoms with Crippen LogP contribution < -0.4 is 19.3 Å². The van der Waals surface area contributed by atoms with Gasteiger partial charge in [-0.25, -0.2) is 18.4 Å². The maximum Gasteiger partial charge on any atom is 0.328 e. The molecule has 0 aliphatic rings. The predicted octanol–water partition coefficient (Wildman–Crippen LogP) is 4.06. The van der Waals surface area contributed by atoms with Gasteiger partial charge in [0, 0.05) is 12.1 Å². The molecule has 0 radical (unpaired) electrons. The number of hydrogen-bond donors (Lipinski definition) is 0. The highest BCUT2D eigenvalue weighted by molar-refractivity contribution is 5.86. The molecule has 2 aromatic rings. The van der Waals surface area contributed by atoms with E-state index in [0.29, 0.717) is 0 Å². The van der Waals surface area contributed by atoms with E-state index in [1.807, 2.05) is 0 Å². The van der Waals surface area contributed by atoms with Crippen molar-refractivity contribution in [1.82, 2.24) is 0 Å². The molecule has 0 bridgehead atoms. The van der Waals surface area contributed by atoms with Crippen LogP contribution in [-0.2, 0) is 38.1 Å². The van der Waals surface area contributed by atoms with Gasteiger partial charge in [-0.3, -0.25) is 9.59 Å². The molecule has 0 fully saturated rings. The zero-order valence-electron chi connectivity index (χ0n) is 27.0. The molecule has 0 saturated heterocycles. The Bertz CT molecular complexity index is 1230. The standard InChI is InChI=1S/C32H42F2N2O10/c1-7-41-29(37)19-35(21(5)31(39)43-9-3)25-13-11-23(33)17-27(25)45-15-16-46-28-18-24(34)12-14-26(28)36(20-30(38)42-8-2)22(6)32(40)44-10-4/h11-14,17-18,21-22H,7-10,15-16,19-20H2,1-6H3. The Morgan fingerprint density at radius 1 is 0.609 bits per heavy atom. The van der Waals surface area contributed by atoms with Gasteiger partial charge in [-0.2, -0.15) is 0 Å². The van der Waals surface area contributed by atoms with Crippen molar-refractivity contribution in [3.63, 3.8) is 0 Å². The average molecular weight is 653 g/mol. The first-order valence-corrected chi connectivity index (χ1v) is 15.0. The van der Waals surface area contributed by atoms with E-state index in [9.17, 15) is 28.0 Å². The van der Waals surface area contributed by atoms with E-state index < -0.39 is 47.6 Å². The first-order chi connectivity index (χ1) is 22.0. The Labute approximate surface area is 267 Å². The maximum atomic E-state index is 14.4. The Morgan fingerprint density at radius 3 is 1.28 bits per heavy atom. The minimum absolute atomic E-state index is 0.0108. The van der Waals surface area contributed by atoms with Gasteiger partial charge in [0.25, 0.3) is 0 Å². The number of hydrogen-bond acceptors (Lipinski definition) is 12. The van der Waals surface area contributed by atoms with Crippen LogP contribution in [0.1, 0.15) is 41.5 Å². The monoisotopic (exact) mass is 652 g/mol. The molecule has 2 rings (SSSR count). The van der Waals surface area contributed by atoms with E-state index in [-0.39, 0.29) is 75.6 Å². The minimum atomic E-state index is -0.963. The van der Waals surface area contributed by atoms with Crippen LogP contribution in [0.3, 0.4) is 0 Å². The van der Waals surface area contributed by atoms with Gasteiger partial charge in [0.2, 0.25) is 0 Å². The smallest absolute Gasteiger partial charge is 0.328 e. The van der Waals surface area contributed by atoms with Crippen molar-refractivity contribution in [2.45, 2.75) is 53.6 Å². The number of benzene rings is 2. The van der Waals surface area contributed by atoms with Crippen molar-refractivity contribution in [2.75, 3.05) is 62.5 Å². The number of carbonyl (C=O) groups excluding carboxylic acids is 4. The fourth-order valence-corrected chi connectivity index (χ4v) is 4.32. The second-order valence-corrected chi connectivity index (χ2v) is 9.64. The zero-order valence-corrected chi connectivity index (χ0v) is 27.0. The summed E-state index contributed by atoms with van der Waals surface area (Å²) < 4.78 is 60.7. The van der Waals surface area contributed by atoms with E-state index in [0.717, 1.165) is 24.3 Å². The van der Waals surface area contributed by atoms with E-state index in [4.69, 9.17) is 28.4 Å². The van der Waals surface area contributed by atoms with Crippen LogP contribution in [0.15, 0.2) is 36.4 Å². The Kier molecular flexibility index (Phi) is 15.5. The number of nitrogens with zero attached hydrogens (tertiary/aromatic N) is 2. The first-order valence-electron chi connectivity index (χ1n) is 15.0. The highest BCUT2D eigenvalue weighted by atomic mass is 19.1. The molecule has 0 heterocycles. The van der Waals surface area contributed by atoms with Crippen LogP contribution in [-0.4, -0.2) is 88.7 Å². The maximum absolute atomic E-state index is 14.4. The average Bonchev–Trinajstić information content (AvgIpc) is 3.01. The van der Waals surface area contributed by atoms with E-state index >= 15 is 0 Å². The highest BCUT2D eigenvalue weighted by Crippen LogP contribution is 2.33. The normalized spacial score (nSPS) is 11.9. The SMILES string of the molecule is CCOC(=O)CN(c1ccc(F)cc1OCCOc1cc(F)ccc1N(CC(=O)OCC)C(C)C(=O)OCC)C(C)C(=O)OCC. The number of ether oxygens (including phenoxy) is 6. The largest absolute Gasteiger partial charge is 0.488 e. The number of halogens is 2. The second kappa shape index (κ2) is 19.0. The van der Waals surface area contributed by atoms with Crippen LogP contribution in [0.5, 0.6) is 11.5 Å². The summed E-state index contributed by atoms with van der Waals surface area (Å²) >= 11 is 0. The molecule has 2 unspecified atom stereocenters. The number of rotatable bonds is 19. The van der Waals surface area contributed by atoms with Crippen LogP contribution in [0.2, 0.25) is 0 Å². The van der Waals surface area contributed by atoms with E-state index in [2.05, 4.69) is 0 Å². The molecule has 46 heavy (non-hydrogen) atoms. The third kappa shape index (κ3) is 11.1. The van der Waals surface area contributed by atoms with Crippen LogP contribution >= 0.6 is 0 Å². The number of esters is 4. The lowest BCUT2D eigenvalue weighted by Gasteiger charge is -2.31. The zero-order chi connectivity index (χ0) is 34.2. The topological polar surface area (TPSA) is 130 Å². The Hall–Kier alpha value is -4.62. The van der Waals surface area contributed by atoms with Crippen LogP contribution in [0, 0.1) is 11.6 Å². The van der Waals surface area contributed by atoms with Crippen molar-refractivity contribution < 1.29 is 56.4 Å². The van der Waals surface area contributed by atoms with E-state index in [1.54, 1.807) is 27.7 Å². The number of carbonyl (C=O) groups is 4. The predicted molar refractivity (Wildman–Crippen MR) is 164 cm³/mol. The Balaban J connectivity index is 2.34. The van der Waals surface area contributed by atoms with Crippen molar-refractivity contribution >= 4 is 35.3 Å². The summed E-state index contributed by atoms with van der Waals surface area (Å²) in [6.07, 6.45) is 0. The van der Waals surface area contributed by atoms with E-state index in [1.165, 1.54) is 35.8 Å². The van der Waals surface area contributed by atoms with Gasteiger partial charge in [-0.05, 0) is 65.8 Å². The van der Waals surface area contributed by atoms with Crippen molar-refractivity contribution in [3.05, 3.63) is 48.0 Å². The van der Waals surface area contributed by atoms with Crippen molar-refractivity contribution in [3.8, 4) is 11.5 Å². The second-order valence-electron chi connectivity index (χ2n) is 9.64. The molecule has 0 aliphatic heterocycles. The van der Waals surface area contributed by atoms with Gasteiger partial charge in [0.05, 0.1) is 37.8 Å². The lowest BCUT2D eigenvalue weighted by molar-refractivity contribution is -0.146. The van der Waals surface area contributed by atoms with Gasteiger partial charge >= 0.3 is 23.9 Å². The third-order valence-electron chi connectivity index (χ3n) is 6.46. The summed E-state index contributed by atoms with van der Waals surface area (Å²) in [4.78, 5) is 52.8. The molecule has 2 aromatic carbocycles. The summed E-state index contributed by atoms with van der Waals surface area (Å²) in [5.74, 6) is -3.79. The quantitative estimate of drug-likeness (QED) is 0.123. The molecule has 0 amide bonds. The lowest BCUT2D eigenvalue weighted by atomic mass is 10.2. The molecule has 12 nitrogen and oxygen atoms in total. The van der Waals surface area contributed by atoms with Crippen molar-refractivity contribution in [1.29, 1.82) is 0 Å². The molecule has 0 spiro atoms. The molecule has 0 N–H and O–H groups in total.